The Labute approximate surface area is 174 Å². The minimum Gasteiger partial charge on any atom is -0.482 e. The standard InChI is InChI=1S/C20H26BrN5O2/c1-22-20(25(3)13-16-11-15(21)12-24(16)2)23-9-6-10-26-17-7-4-5-8-18(17)28-14-19(26)27/h4-5,7-8,11-12H,6,9-10,13-14H2,1-3H3,(H,22,23). The maximum Gasteiger partial charge on any atom is 0.265 e. The zero-order valence-corrected chi connectivity index (χ0v) is 18.1. The van der Waals surface area contributed by atoms with Crippen molar-refractivity contribution < 1.29 is 9.53 Å². The number of hydrogen-bond acceptors (Lipinski definition) is 3. The number of benzene rings is 1. The number of aliphatic imine (C=N–C) groups is 1. The van der Waals surface area contributed by atoms with E-state index in [0.717, 1.165) is 41.4 Å². The third kappa shape index (κ3) is 4.67. The molecule has 1 N–H and O–H groups in total. The summed E-state index contributed by atoms with van der Waals surface area (Å²) in [5.41, 5.74) is 2.03. The van der Waals surface area contributed by atoms with Gasteiger partial charge in [-0.2, -0.15) is 0 Å². The molecule has 7 nitrogen and oxygen atoms in total. The maximum atomic E-state index is 12.2. The number of carbonyl (C=O) groups excluding carboxylic acids is 1. The fraction of sp³-hybridized carbons (Fsp3) is 0.400. The molecule has 2 heterocycles. The molecule has 0 spiro atoms. The van der Waals surface area contributed by atoms with Crippen molar-refractivity contribution in [3.05, 3.63) is 46.7 Å². The molecule has 150 valence electrons. The summed E-state index contributed by atoms with van der Waals surface area (Å²) in [4.78, 5) is 20.5. The first kappa shape index (κ1) is 20.3. The largest absolute Gasteiger partial charge is 0.482 e. The van der Waals surface area contributed by atoms with E-state index in [4.69, 9.17) is 4.74 Å². The van der Waals surface area contributed by atoms with Gasteiger partial charge in [0.1, 0.15) is 5.75 Å². The molecular formula is C20H26BrN5O2. The van der Waals surface area contributed by atoms with E-state index in [2.05, 4.69) is 41.8 Å². The van der Waals surface area contributed by atoms with E-state index in [1.54, 1.807) is 11.9 Å². The summed E-state index contributed by atoms with van der Waals surface area (Å²) in [5.74, 6) is 1.58. The number of anilines is 1. The molecule has 0 radical (unpaired) electrons. The normalized spacial score (nSPS) is 13.9. The number of ether oxygens (including phenoxy) is 1. The first-order chi connectivity index (χ1) is 13.5. The predicted octanol–water partition coefficient (Wildman–Crippen LogP) is 2.61. The van der Waals surface area contributed by atoms with Gasteiger partial charge in [0, 0.05) is 50.6 Å². The zero-order chi connectivity index (χ0) is 20.1. The summed E-state index contributed by atoms with van der Waals surface area (Å²) < 4.78 is 8.65. The molecule has 1 amide bonds. The summed E-state index contributed by atoms with van der Waals surface area (Å²) in [6.07, 6.45) is 2.85. The Kier molecular flexibility index (Phi) is 6.61. The van der Waals surface area contributed by atoms with Gasteiger partial charge in [-0.05, 0) is 40.5 Å². The highest BCUT2D eigenvalue weighted by Crippen LogP contribution is 2.31. The van der Waals surface area contributed by atoms with Crippen molar-refractivity contribution in [2.75, 3.05) is 38.7 Å². The van der Waals surface area contributed by atoms with Gasteiger partial charge in [0.05, 0.1) is 12.2 Å². The molecule has 0 atom stereocenters. The highest BCUT2D eigenvalue weighted by atomic mass is 79.9. The summed E-state index contributed by atoms with van der Waals surface area (Å²) in [6.45, 7) is 2.20. The minimum atomic E-state index is -0.00511. The van der Waals surface area contributed by atoms with Gasteiger partial charge in [-0.25, -0.2) is 0 Å². The molecule has 0 fully saturated rings. The lowest BCUT2D eigenvalue weighted by molar-refractivity contribution is -0.121. The van der Waals surface area contributed by atoms with Crippen molar-refractivity contribution in [2.45, 2.75) is 13.0 Å². The van der Waals surface area contributed by atoms with Crippen LogP contribution in [-0.2, 0) is 18.4 Å². The van der Waals surface area contributed by atoms with Crippen LogP contribution >= 0.6 is 15.9 Å². The van der Waals surface area contributed by atoms with E-state index in [1.807, 2.05) is 44.6 Å². The van der Waals surface area contributed by atoms with Gasteiger partial charge < -0.3 is 24.4 Å². The van der Waals surface area contributed by atoms with Crippen LogP contribution in [0.1, 0.15) is 12.1 Å². The van der Waals surface area contributed by atoms with Crippen LogP contribution in [-0.4, -0.2) is 55.1 Å². The molecule has 1 aliphatic rings. The van der Waals surface area contributed by atoms with Crippen molar-refractivity contribution in [3.63, 3.8) is 0 Å². The number of guanidine groups is 1. The van der Waals surface area contributed by atoms with Crippen molar-refractivity contribution >= 4 is 33.5 Å². The number of nitrogens with zero attached hydrogens (tertiary/aromatic N) is 4. The summed E-state index contributed by atoms with van der Waals surface area (Å²) in [5, 5.41) is 3.38. The van der Waals surface area contributed by atoms with Crippen LogP contribution in [0, 0.1) is 0 Å². The van der Waals surface area contributed by atoms with Gasteiger partial charge >= 0.3 is 0 Å². The molecule has 1 aromatic carbocycles. The van der Waals surface area contributed by atoms with Crippen LogP contribution in [0.4, 0.5) is 5.69 Å². The van der Waals surface area contributed by atoms with Gasteiger partial charge in [0.25, 0.3) is 5.91 Å². The van der Waals surface area contributed by atoms with E-state index in [-0.39, 0.29) is 12.5 Å². The van der Waals surface area contributed by atoms with E-state index in [1.165, 1.54) is 5.69 Å². The van der Waals surface area contributed by atoms with E-state index < -0.39 is 0 Å². The van der Waals surface area contributed by atoms with E-state index in [0.29, 0.717) is 6.54 Å². The van der Waals surface area contributed by atoms with Gasteiger partial charge in [0.2, 0.25) is 0 Å². The Morgan fingerprint density at radius 3 is 2.89 bits per heavy atom. The molecule has 3 rings (SSSR count). The van der Waals surface area contributed by atoms with Crippen LogP contribution in [0.2, 0.25) is 0 Å². The quantitative estimate of drug-likeness (QED) is 0.419. The molecule has 0 saturated carbocycles. The Balaban J connectivity index is 1.51. The number of nitrogens with one attached hydrogen (secondary N) is 1. The zero-order valence-electron chi connectivity index (χ0n) is 16.5. The molecule has 1 aromatic heterocycles. The highest BCUT2D eigenvalue weighted by Gasteiger charge is 2.24. The number of hydrogen-bond donors (Lipinski definition) is 1. The molecular weight excluding hydrogens is 422 g/mol. The molecule has 8 heteroatoms. The number of para-hydroxylation sites is 2. The number of aromatic nitrogens is 1. The molecule has 0 saturated heterocycles. The molecule has 0 bridgehead atoms. The third-order valence-corrected chi connectivity index (χ3v) is 5.13. The second-order valence-corrected chi connectivity index (χ2v) is 7.66. The van der Waals surface area contributed by atoms with Crippen LogP contribution < -0.4 is 15.0 Å². The Hall–Kier alpha value is -2.48. The molecule has 0 aliphatic carbocycles. The lowest BCUT2D eigenvalue weighted by atomic mass is 10.2. The average Bonchev–Trinajstić information content (AvgIpc) is 3.00. The second kappa shape index (κ2) is 9.14. The highest BCUT2D eigenvalue weighted by molar-refractivity contribution is 9.10. The third-order valence-electron chi connectivity index (χ3n) is 4.70. The van der Waals surface area contributed by atoms with Crippen LogP contribution in [0.5, 0.6) is 5.75 Å². The first-order valence-electron chi connectivity index (χ1n) is 9.24. The van der Waals surface area contributed by atoms with Crippen LogP contribution in [0.3, 0.4) is 0 Å². The first-order valence-corrected chi connectivity index (χ1v) is 10.0. The lowest BCUT2D eigenvalue weighted by Gasteiger charge is -2.29. The van der Waals surface area contributed by atoms with E-state index in [9.17, 15) is 4.79 Å². The topological polar surface area (TPSA) is 62.1 Å². The fourth-order valence-electron chi connectivity index (χ4n) is 3.26. The fourth-order valence-corrected chi connectivity index (χ4v) is 3.83. The molecule has 0 unspecified atom stereocenters. The summed E-state index contributed by atoms with van der Waals surface area (Å²) in [6, 6.07) is 9.76. The predicted molar refractivity (Wildman–Crippen MR) is 115 cm³/mol. The average molecular weight is 448 g/mol. The SMILES string of the molecule is CN=C(NCCCN1C(=O)COc2ccccc21)N(C)Cc1cc(Br)cn1C. The van der Waals surface area contributed by atoms with Crippen molar-refractivity contribution in [3.8, 4) is 5.75 Å². The number of rotatable bonds is 6. The maximum absolute atomic E-state index is 12.2. The van der Waals surface area contributed by atoms with Gasteiger partial charge in [-0.3, -0.25) is 9.79 Å². The van der Waals surface area contributed by atoms with E-state index >= 15 is 0 Å². The van der Waals surface area contributed by atoms with Crippen molar-refractivity contribution in [1.29, 1.82) is 0 Å². The van der Waals surface area contributed by atoms with Crippen molar-refractivity contribution in [2.24, 2.45) is 12.0 Å². The number of fused-ring (bicyclic) bond motifs is 1. The molecule has 1 aliphatic heterocycles. The van der Waals surface area contributed by atoms with Gasteiger partial charge in [-0.1, -0.05) is 12.1 Å². The van der Waals surface area contributed by atoms with Gasteiger partial charge in [0.15, 0.2) is 12.6 Å². The van der Waals surface area contributed by atoms with Crippen LogP contribution in [0.25, 0.3) is 0 Å². The smallest absolute Gasteiger partial charge is 0.265 e. The monoisotopic (exact) mass is 447 g/mol. The number of halogens is 1. The summed E-state index contributed by atoms with van der Waals surface area (Å²) >= 11 is 3.51. The Morgan fingerprint density at radius 1 is 1.39 bits per heavy atom. The number of amides is 1. The minimum absolute atomic E-state index is 0.00511. The summed E-state index contributed by atoms with van der Waals surface area (Å²) in [7, 11) is 5.82. The van der Waals surface area contributed by atoms with Crippen LogP contribution in [0.15, 0.2) is 46.0 Å². The lowest BCUT2D eigenvalue weighted by Crippen LogP contribution is -2.42. The Morgan fingerprint density at radius 2 is 2.18 bits per heavy atom. The van der Waals surface area contributed by atoms with Crippen molar-refractivity contribution in [1.82, 2.24) is 14.8 Å². The number of aryl methyl sites for hydroxylation is 1. The number of carbonyl (C=O) groups is 1. The van der Waals surface area contributed by atoms with Gasteiger partial charge in [-0.15, -0.1) is 0 Å². The molecule has 2 aromatic rings. The Bertz CT molecular complexity index is 864. The molecule has 28 heavy (non-hydrogen) atoms. The second-order valence-electron chi connectivity index (χ2n) is 6.75.